The molecule has 2 fully saturated rings. The second-order valence-electron chi connectivity index (χ2n) is 18.5. The van der Waals surface area contributed by atoms with Crippen LogP contribution in [0.1, 0.15) is 49.8 Å². The highest BCUT2D eigenvalue weighted by molar-refractivity contribution is 5.89. The Morgan fingerprint density at radius 3 is 1.89 bits per heavy atom. The number of nitriles is 1. The smallest absolute Gasteiger partial charge is 0.416 e. The monoisotopic (exact) mass is 1040 g/mol. The number of piperidine rings is 1. The molecule has 1 aromatic heterocycles. The van der Waals surface area contributed by atoms with Gasteiger partial charge in [0.15, 0.2) is 0 Å². The Balaban J connectivity index is 1.13. The Hall–Kier alpha value is -6.45. The first-order valence-corrected chi connectivity index (χ1v) is 24.9. The maximum absolute atomic E-state index is 16.1. The molecule has 404 valence electrons. The summed E-state index contributed by atoms with van der Waals surface area (Å²) >= 11 is 0. The van der Waals surface area contributed by atoms with Gasteiger partial charge in [-0.25, -0.2) is 4.39 Å². The molecule has 0 bridgehead atoms. The molecule has 3 amide bonds. The number of carboxylic acid groups (broad SMARTS) is 2. The largest absolute Gasteiger partial charge is 0.493 e. The summed E-state index contributed by atoms with van der Waals surface area (Å²) in [6.45, 7) is 9.92. The SMILES string of the molecule is CCOc1ccccc1-c1ncc(C2(C(=O)NCCN(C)CCNC(=O)CCNC(=O)CN3CCN(CC(=O)O)CCN(CC)CCN(CC(=O)O)CC3)CCN(c3ccc(C(F)(F)F)cc3C#N)CC2)cc1F. The maximum Gasteiger partial charge on any atom is 0.416 e. The normalized spacial score (nSPS) is 16.6. The predicted octanol–water partition coefficient (Wildman–Crippen LogP) is 2.80. The fourth-order valence-electron chi connectivity index (χ4n) is 9.14. The van der Waals surface area contributed by atoms with E-state index in [0.717, 1.165) is 18.7 Å². The van der Waals surface area contributed by atoms with Crippen LogP contribution in [-0.2, 0) is 35.6 Å². The molecule has 3 aromatic rings. The molecule has 2 aromatic carbocycles. The van der Waals surface area contributed by atoms with Crippen LogP contribution in [-0.4, -0.2) is 207 Å². The van der Waals surface area contributed by atoms with E-state index in [9.17, 15) is 52.6 Å². The third-order valence-electron chi connectivity index (χ3n) is 13.4. The zero-order valence-corrected chi connectivity index (χ0v) is 42.4. The number of benzene rings is 2. The van der Waals surface area contributed by atoms with Gasteiger partial charge in [-0.15, -0.1) is 0 Å². The Bertz CT molecular complexity index is 2380. The van der Waals surface area contributed by atoms with Gasteiger partial charge in [-0.05, 0) is 75.3 Å². The number of halogens is 4. The summed E-state index contributed by atoms with van der Waals surface area (Å²) in [4.78, 5) is 79.1. The molecule has 74 heavy (non-hydrogen) atoms. The predicted molar refractivity (Wildman–Crippen MR) is 268 cm³/mol. The molecule has 0 aliphatic carbocycles. The highest BCUT2D eigenvalue weighted by atomic mass is 19.4. The van der Waals surface area contributed by atoms with Crippen molar-refractivity contribution in [2.24, 2.45) is 0 Å². The fourth-order valence-corrected chi connectivity index (χ4v) is 9.14. The second kappa shape index (κ2) is 28.3. The second-order valence-corrected chi connectivity index (χ2v) is 18.5. The molecule has 3 heterocycles. The number of carboxylic acids is 2. The molecule has 19 nitrogen and oxygen atoms in total. The number of alkyl halides is 3. The lowest BCUT2D eigenvalue weighted by Crippen LogP contribution is -2.53. The number of likely N-dealkylation sites (N-methyl/N-ethyl adjacent to an activating group) is 2. The first-order valence-electron chi connectivity index (χ1n) is 24.9. The van der Waals surface area contributed by atoms with Crippen LogP contribution < -0.4 is 25.6 Å². The lowest BCUT2D eigenvalue weighted by Gasteiger charge is -2.42. The number of nitrogens with zero attached hydrogens (tertiary/aromatic N) is 8. The number of rotatable bonds is 22. The van der Waals surface area contributed by atoms with Crippen molar-refractivity contribution in [3.05, 3.63) is 77.2 Å². The summed E-state index contributed by atoms with van der Waals surface area (Å²) in [7, 11) is 1.81. The van der Waals surface area contributed by atoms with E-state index in [0.29, 0.717) is 94.6 Å². The third-order valence-corrected chi connectivity index (χ3v) is 13.4. The fraction of sp³-hybridized carbons (Fsp3) is 0.549. The highest BCUT2D eigenvalue weighted by Crippen LogP contribution is 2.41. The van der Waals surface area contributed by atoms with Crippen molar-refractivity contribution in [1.82, 2.24) is 45.4 Å². The van der Waals surface area contributed by atoms with Crippen LogP contribution in [0.15, 0.2) is 54.7 Å². The number of anilines is 1. The third kappa shape index (κ3) is 17.3. The first kappa shape index (κ1) is 58.4. The summed E-state index contributed by atoms with van der Waals surface area (Å²) in [5, 5.41) is 37.4. The van der Waals surface area contributed by atoms with E-state index in [1.54, 1.807) is 43.1 Å². The van der Waals surface area contributed by atoms with Crippen molar-refractivity contribution in [3.8, 4) is 23.1 Å². The number of amides is 3. The molecule has 0 radical (unpaired) electrons. The number of hydrogen-bond donors (Lipinski definition) is 5. The van der Waals surface area contributed by atoms with Crippen LogP contribution in [0.3, 0.4) is 0 Å². The van der Waals surface area contributed by atoms with Crippen LogP contribution in [0, 0.1) is 17.1 Å². The Morgan fingerprint density at radius 1 is 0.770 bits per heavy atom. The molecule has 2 aliphatic heterocycles. The van der Waals surface area contributed by atoms with Gasteiger partial charge in [-0.2, -0.15) is 18.4 Å². The molecule has 5 N–H and O–H groups in total. The average molecular weight is 1040 g/mol. The number of nitrogens with one attached hydrogen (secondary N) is 3. The van der Waals surface area contributed by atoms with Gasteiger partial charge in [-0.1, -0.05) is 19.1 Å². The summed E-state index contributed by atoms with van der Waals surface area (Å²) in [6, 6.07) is 13.0. The topological polar surface area (TPSA) is 227 Å². The highest BCUT2D eigenvalue weighted by Gasteiger charge is 2.44. The Labute approximate surface area is 429 Å². The Kier molecular flexibility index (Phi) is 22.3. The van der Waals surface area contributed by atoms with Crippen molar-refractivity contribution in [1.29, 1.82) is 5.26 Å². The zero-order valence-electron chi connectivity index (χ0n) is 42.4. The van der Waals surface area contributed by atoms with Gasteiger partial charge in [0.25, 0.3) is 0 Å². The molecule has 0 atom stereocenters. The van der Waals surface area contributed by atoms with Crippen molar-refractivity contribution in [3.63, 3.8) is 0 Å². The van der Waals surface area contributed by atoms with E-state index in [-0.39, 0.29) is 94.7 Å². The van der Waals surface area contributed by atoms with E-state index in [1.807, 2.05) is 32.6 Å². The number of hydrogen-bond acceptors (Lipinski definition) is 14. The molecular weight excluding hydrogens is 971 g/mol. The summed E-state index contributed by atoms with van der Waals surface area (Å²) in [5.41, 5.74) is -1.33. The van der Waals surface area contributed by atoms with E-state index >= 15 is 4.39 Å². The van der Waals surface area contributed by atoms with Gasteiger partial charge in [-0.3, -0.25) is 43.7 Å². The number of carbonyl (C=O) groups is 5. The number of ether oxygens (including phenoxy) is 1. The van der Waals surface area contributed by atoms with Gasteiger partial charge >= 0.3 is 18.1 Å². The standard InChI is InChI=1S/C51H69F4N11O8/c1-4-62-22-24-64(35-46(69)70)28-26-63(27-29-65(25-23-62)36-47(71)72)34-45(68)57-15-12-44(67)58-16-20-61(3)21-17-59-49(73)50(39-31-41(52)48(60-33-39)40-8-6-7-9-43(40)74-5-2)13-18-66(19-14-50)42-11-10-38(51(53,54)55)30-37(42)32-56/h6-11,30-31,33H,4-5,12-29,34-36H2,1-3H3,(H,57,68)(H,58,67)(H,59,73)(H,69,70)(H,71,72). The van der Waals surface area contributed by atoms with Crippen molar-refractivity contribution < 1.29 is 56.5 Å². The molecule has 0 unspecified atom stereocenters. The van der Waals surface area contributed by atoms with Crippen LogP contribution in [0.2, 0.25) is 0 Å². The minimum atomic E-state index is -4.64. The number of aliphatic carboxylic acids is 2. The van der Waals surface area contributed by atoms with Crippen LogP contribution in [0.4, 0.5) is 23.2 Å². The van der Waals surface area contributed by atoms with Crippen LogP contribution in [0.25, 0.3) is 11.3 Å². The lowest BCUT2D eigenvalue weighted by atomic mass is 9.72. The molecule has 0 spiro atoms. The van der Waals surface area contributed by atoms with Crippen molar-refractivity contribution in [2.75, 3.05) is 143 Å². The molecular formula is C51H69F4N11O8. The van der Waals surface area contributed by atoms with Crippen molar-refractivity contribution >= 4 is 35.3 Å². The quantitative estimate of drug-likeness (QED) is 0.0913. The van der Waals surface area contributed by atoms with Gasteiger partial charge < -0.3 is 45.6 Å². The van der Waals surface area contributed by atoms with Gasteiger partial charge in [0.1, 0.15) is 23.3 Å². The number of aromatic nitrogens is 1. The Morgan fingerprint density at radius 2 is 1.34 bits per heavy atom. The van der Waals surface area contributed by atoms with Gasteiger partial charge in [0.05, 0.1) is 48.5 Å². The van der Waals surface area contributed by atoms with E-state index in [2.05, 4.69) is 25.8 Å². The van der Waals surface area contributed by atoms with Crippen LogP contribution in [0.5, 0.6) is 5.75 Å². The molecule has 23 heteroatoms. The van der Waals surface area contributed by atoms with E-state index < -0.39 is 40.8 Å². The van der Waals surface area contributed by atoms with Gasteiger partial charge in [0, 0.05) is 116 Å². The number of para-hydroxylation sites is 1. The average Bonchev–Trinajstić information content (AvgIpc) is 3.36. The molecule has 2 saturated heterocycles. The number of carbonyl (C=O) groups excluding carboxylic acids is 3. The molecule has 0 saturated carbocycles. The van der Waals surface area contributed by atoms with Gasteiger partial charge in [0.2, 0.25) is 17.7 Å². The summed E-state index contributed by atoms with van der Waals surface area (Å²) in [6.07, 6.45) is -2.92. The first-order chi connectivity index (χ1) is 35.3. The minimum absolute atomic E-state index is 0.00385. The molecule has 5 rings (SSSR count). The summed E-state index contributed by atoms with van der Waals surface area (Å²) in [5.74, 6) is -3.18. The lowest BCUT2D eigenvalue weighted by molar-refractivity contribution is -0.139. The molecule has 2 aliphatic rings. The maximum atomic E-state index is 16.1. The number of pyridine rings is 1. The van der Waals surface area contributed by atoms with Crippen LogP contribution >= 0.6 is 0 Å². The minimum Gasteiger partial charge on any atom is -0.493 e. The summed E-state index contributed by atoms with van der Waals surface area (Å²) < 4.78 is 62.3. The zero-order chi connectivity index (χ0) is 53.8. The van der Waals surface area contributed by atoms with E-state index in [1.165, 1.54) is 18.3 Å². The van der Waals surface area contributed by atoms with E-state index in [4.69, 9.17) is 4.74 Å². The van der Waals surface area contributed by atoms with Crippen molar-refractivity contribution in [2.45, 2.75) is 44.7 Å².